The van der Waals surface area contributed by atoms with Crippen LogP contribution in [0.15, 0.2) is 0 Å². The van der Waals surface area contributed by atoms with Gasteiger partial charge in [0.2, 0.25) is 0 Å². The van der Waals surface area contributed by atoms with Crippen molar-refractivity contribution >= 4 is 39.4 Å². The van der Waals surface area contributed by atoms with Crippen molar-refractivity contribution in [3.63, 3.8) is 0 Å². The first-order chi connectivity index (χ1) is 21.5. The molecule has 4 aliphatic carbocycles. The Hall–Kier alpha value is -2.49. The Bertz CT molecular complexity index is 1400. The van der Waals surface area contributed by atoms with E-state index in [9.17, 15) is 54.3 Å². The summed E-state index contributed by atoms with van der Waals surface area (Å²) in [4.78, 5) is 63.7. The molecule has 266 valence electrons. The summed E-state index contributed by atoms with van der Waals surface area (Å²) in [5.41, 5.74) is -0.979. The number of ether oxygens (including phenoxy) is 2. The summed E-state index contributed by atoms with van der Waals surface area (Å²) >= 11 is 0. The number of Topliss-reactive ketones (excluding diaryl/α,β-unsaturated/α-hetero) is 3. The highest BCUT2D eigenvalue weighted by Gasteiger charge is 2.67. The topological polar surface area (TPSA) is 158 Å². The molecular formula is C31H41F5O10S. The summed E-state index contributed by atoms with van der Waals surface area (Å²) in [5.74, 6) is -2.80. The van der Waals surface area contributed by atoms with Crippen LogP contribution in [0.3, 0.4) is 0 Å². The van der Waals surface area contributed by atoms with Crippen LogP contribution in [0.1, 0.15) is 91.4 Å². The maximum Gasteiger partial charge on any atom is 0.432 e. The Balaban J connectivity index is 1.28. The third kappa shape index (κ3) is 7.00. The molecule has 0 radical (unpaired) electrons. The Morgan fingerprint density at radius 2 is 1.64 bits per heavy atom. The number of alkyl halides is 5. The second kappa shape index (κ2) is 13.1. The predicted molar refractivity (Wildman–Crippen MR) is 152 cm³/mol. The molecule has 1 N–H and O–H groups in total. The first kappa shape index (κ1) is 37.3. The van der Waals surface area contributed by atoms with Crippen LogP contribution in [0.4, 0.5) is 22.0 Å². The molecule has 0 amide bonds. The highest BCUT2D eigenvalue weighted by Crippen LogP contribution is 2.66. The van der Waals surface area contributed by atoms with E-state index < -0.39 is 64.5 Å². The van der Waals surface area contributed by atoms with Crippen molar-refractivity contribution in [1.82, 2.24) is 0 Å². The lowest BCUT2D eigenvalue weighted by Crippen LogP contribution is -2.60. The number of fused-ring (bicyclic) bond motifs is 5. The van der Waals surface area contributed by atoms with Gasteiger partial charge in [-0.2, -0.15) is 30.4 Å². The van der Waals surface area contributed by atoms with Gasteiger partial charge in [-0.1, -0.05) is 20.8 Å². The quantitative estimate of drug-likeness (QED) is 0.130. The molecule has 0 spiro atoms. The molecule has 4 aliphatic rings. The van der Waals surface area contributed by atoms with Crippen LogP contribution in [0.2, 0.25) is 0 Å². The van der Waals surface area contributed by atoms with Crippen molar-refractivity contribution < 1.29 is 68.4 Å². The second-order valence-electron chi connectivity index (χ2n) is 14.2. The van der Waals surface area contributed by atoms with Crippen molar-refractivity contribution in [3.05, 3.63) is 0 Å². The van der Waals surface area contributed by atoms with Crippen LogP contribution >= 0.6 is 0 Å². The molecule has 0 aliphatic heterocycles. The number of carbonyl (C=O) groups excluding carboxylic acids is 5. The lowest BCUT2D eigenvalue weighted by molar-refractivity contribution is -0.259. The third-order valence-electron chi connectivity index (χ3n) is 11.7. The Labute approximate surface area is 269 Å². The van der Waals surface area contributed by atoms with Crippen LogP contribution in [0.25, 0.3) is 0 Å². The first-order valence-electron chi connectivity index (χ1n) is 15.9. The standard InChI is InChI=1S/C31H41F5O10S/c1-16(6-9-24(40)45-12-4-5-25(41)46-27(30(32,33)34)31(35,36)47(42,43)44)19-7-8-20-26-21(15-23(39)29(19,20)3)28(2)11-10-18(37)13-17(28)14-22(26)38/h16-17,19-21,26-27H,4-15H2,1-3H3,(H,42,43,44)/t16-,17?,19-,20+,21+,26+,27?,28+,29-/m1/s1. The number of esters is 2. The van der Waals surface area contributed by atoms with Gasteiger partial charge in [-0.25, -0.2) is 0 Å². The van der Waals surface area contributed by atoms with Gasteiger partial charge < -0.3 is 9.47 Å². The van der Waals surface area contributed by atoms with Crippen molar-refractivity contribution in [2.75, 3.05) is 6.61 Å². The fraction of sp³-hybridized carbons (Fsp3) is 0.839. The van der Waals surface area contributed by atoms with Gasteiger partial charge in [-0.3, -0.25) is 28.5 Å². The maximum absolute atomic E-state index is 13.9. The third-order valence-corrected chi connectivity index (χ3v) is 12.6. The summed E-state index contributed by atoms with van der Waals surface area (Å²) in [6.07, 6.45) is -7.93. The summed E-state index contributed by atoms with van der Waals surface area (Å²) in [6.45, 7) is 5.53. The zero-order valence-corrected chi connectivity index (χ0v) is 27.3. The van der Waals surface area contributed by atoms with Gasteiger partial charge in [0.05, 0.1) is 6.61 Å². The monoisotopic (exact) mass is 700 g/mol. The van der Waals surface area contributed by atoms with Gasteiger partial charge in [-0.15, -0.1) is 0 Å². The minimum Gasteiger partial charge on any atom is -0.466 e. The molecule has 0 aromatic rings. The van der Waals surface area contributed by atoms with Crippen molar-refractivity contribution in [3.8, 4) is 0 Å². The molecule has 4 rings (SSSR count). The number of rotatable bonds is 11. The Morgan fingerprint density at radius 3 is 2.26 bits per heavy atom. The summed E-state index contributed by atoms with van der Waals surface area (Å²) in [7, 11) is -6.56. The number of halogens is 5. The van der Waals surface area contributed by atoms with Crippen LogP contribution in [-0.2, 0) is 43.6 Å². The molecule has 0 aromatic carbocycles. The SMILES string of the molecule is C[C@H](CCC(=O)OCCCC(=O)OC(C(F)(F)F)C(F)(F)S(=O)(=O)O)[C@H]1CC[C@H]2[C@@H]3C(=O)CC4CC(=O)CC[C@]4(C)[C@H]3CC(=O)[C@]12C. The Kier molecular flexibility index (Phi) is 10.4. The molecule has 4 saturated carbocycles. The second-order valence-corrected chi connectivity index (χ2v) is 15.7. The van der Waals surface area contributed by atoms with E-state index in [0.717, 1.165) is 0 Å². The van der Waals surface area contributed by atoms with E-state index in [1.165, 1.54) is 0 Å². The fourth-order valence-corrected chi connectivity index (χ4v) is 9.52. The van der Waals surface area contributed by atoms with Crippen LogP contribution in [0.5, 0.6) is 0 Å². The molecule has 4 fully saturated rings. The molecular weight excluding hydrogens is 659 g/mol. The Morgan fingerprint density at radius 1 is 0.979 bits per heavy atom. The van der Waals surface area contributed by atoms with Gasteiger partial charge in [0.1, 0.15) is 17.3 Å². The number of hydrogen-bond donors (Lipinski definition) is 1. The molecule has 0 heterocycles. The highest BCUT2D eigenvalue weighted by molar-refractivity contribution is 7.86. The van der Waals surface area contributed by atoms with Crippen molar-refractivity contribution in [1.29, 1.82) is 0 Å². The van der Waals surface area contributed by atoms with Gasteiger partial charge in [0, 0.05) is 49.9 Å². The van der Waals surface area contributed by atoms with E-state index >= 15 is 0 Å². The largest absolute Gasteiger partial charge is 0.466 e. The maximum atomic E-state index is 13.9. The van der Waals surface area contributed by atoms with Gasteiger partial charge in [0.15, 0.2) is 0 Å². The molecule has 16 heteroatoms. The van der Waals surface area contributed by atoms with Gasteiger partial charge >= 0.3 is 33.5 Å². The summed E-state index contributed by atoms with van der Waals surface area (Å²) < 4.78 is 104. The highest BCUT2D eigenvalue weighted by atomic mass is 32.2. The van der Waals surface area contributed by atoms with Gasteiger partial charge in [-0.05, 0) is 67.1 Å². The van der Waals surface area contributed by atoms with Crippen LogP contribution < -0.4 is 0 Å². The number of carbonyl (C=O) groups is 5. The molecule has 0 bridgehead atoms. The van der Waals surface area contributed by atoms with E-state index in [-0.39, 0.29) is 71.1 Å². The molecule has 9 atom stereocenters. The van der Waals surface area contributed by atoms with Crippen LogP contribution in [0, 0.1) is 46.3 Å². The van der Waals surface area contributed by atoms with E-state index in [1.54, 1.807) is 0 Å². The van der Waals surface area contributed by atoms with E-state index in [2.05, 4.69) is 11.7 Å². The minimum absolute atomic E-state index is 0.0333. The van der Waals surface area contributed by atoms with E-state index in [1.807, 2.05) is 13.8 Å². The number of hydrogen-bond acceptors (Lipinski definition) is 9. The molecule has 2 unspecified atom stereocenters. The smallest absolute Gasteiger partial charge is 0.432 e. The van der Waals surface area contributed by atoms with Crippen molar-refractivity contribution in [2.45, 2.75) is 109 Å². The van der Waals surface area contributed by atoms with Gasteiger partial charge in [0.25, 0.3) is 6.10 Å². The van der Waals surface area contributed by atoms with E-state index in [0.29, 0.717) is 44.9 Å². The zero-order chi connectivity index (χ0) is 35.3. The van der Waals surface area contributed by atoms with Crippen molar-refractivity contribution in [2.24, 2.45) is 46.3 Å². The van der Waals surface area contributed by atoms with Crippen LogP contribution in [-0.4, -0.2) is 66.4 Å². The zero-order valence-electron chi connectivity index (χ0n) is 26.4. The lowest BCUT2D eigenvalue weighted by Gasteiger charge is -2.58. The summed E-state index contributed by atoms with van der Waals surface area (Å²) in [5, 5.41) is -5.84. The molecule has 0 aromatic heterocycles. The normalized spacial score (nSPS) is 34.1. The minimum atomic E-state index is -6.56. The fourth-order valence-electron chi connectivity index (χ4n) is 9.06. The molecule has 47 heavy (non-hydrogen) atoms. The first-order valence-corrected chi connectivity index (χ1v) is 17.3. The lowest BCUT2D eigenvalue weighted by atomic mass is 9.44. The average molecular weight is 701 g/mol. The van der Waals surface area contributed by atoms with E-state index in [4.69, 9.17) is 9.29 Å². The molecule has 10 nitrogen and oxygen atoms in total. The molecule has 0 saturated heterocycles. The average Bonchev–Trinajstić information content (AvgIpc) is 3.31. The summed E-state index contributed by atoms with van der Waals surface area (Å²) in [6, 6.07) is 0. The predicted octanol–water partition coefficient (Wildman–Crippen LogP) is 5.27. The number of ketones is 3.